The number of H-pyrrole nitrogens is 1. The lowest BCUT2D eigenvalue weighted by molar-refractivity contribution is 0.172. The summed E-state index contributed by atoms with van der Waals surface area (Å²) in [5.41, 5.74) is 10.5. The molecule has 106 valence electrons. The first-order valence-corrected chi connectivity index (χ1v) is 6.86. The van der Waals surface area contributed by atoms with E-state index in [-0.39, 0.29) is 0 Å². The summed E-state index contributed by atoms with van der Waals surface area (Å²) in [6.45, 7) is 3.14. The molecular formula is C16H15N3O2. The molecule has 1 aliphatic heterocycles. The first-order chi connectivity index (χ1) is 10.2. The highest BCUT2D eigenvalue weighted by Gasteiger charge is 2.15. The molecule has 0 saturated carbocycles. The first kappa shape index (κ1) is 12.1. The van der Waals surface area contributed by atoms with Crippen LogP contribution in [0.3, 0.4) is 0 Å². The Bertz CT molecular complexity index is 796. The molecule has 0 saturated heterocycles. The van der Waals surface area contributed by atoms with Gasteiger partial charge in [0, 0.05) is 23.4 Å². The molecule has 0 radical (unpaired) electrons. The number of hydrogen-bond acceptors (Lipinski definition) is 4. The summed E-state index contributed by atoms with van der Waals surface area (Å²) < 4.78 is 11.2. The van der Waals surface area contributed by atoms with Crippen LogP contribution in [-0.2, 0) is 0 Å². The monoisotopic (exact) mass is 281 g/mol. The lowest BCUT2D eigenvalue weighted by Gasteiger charge is -2.17. The quantitative estimate of drug-likeness (QED) is 0.673. The molecule has 2 heterocycles. The summed E-state index contributed by atoms with van der Waals surface area (Å²) in [7, 11) is 0. The number of rotatable bonds is 1. The van der Waals surface area contributed by atoms with Gasteiger partial charge in [0.25, 0.3) is 0 Å². The van der Waals surface area contributed by atoms with Crippen molar-refractivity contribution in [2.75, 3.05) is 18.9 Å². The summed E-state index contributed by atoms with van der Waals surface area (Å²) in [5, 5.41) is 0. The minimum absolute atomic E-state index is 0.576. The van der Waals surface area contributed by atoms with E-state index >= 15 is 0 Å². The number of nitrogens with two attached hydrogens (primary N) is 1. The highest BCUT2D eigenvalue weighted by Crippen LogP contribution is 2.34. The third kappa shape index (κ3) is 1.98. The van der Waals surface area contributed by atoms with Crippen LogP contribution in [0.15, 0.2) is 30.3 Å². The maximum absolute atomic E-state index is 5.86. The molecule has 0 fully saturated rings. The Labute approximate surface area is 121 Å². The Kier molecular flexibility index (Phi) is 2.54. The molecule has 4 rings (SSSR count). The lowest BCUT2D eigenvalue weighted by Crippen LogP contribution is -2.15. The highest BCUT2D eigenvalue weighted by molar-refractivity contribution is 5.83. The van der Waals surface area contributed by atoms with Gasteiger partial charge in [0.1, 0.15) is 19.0 Å². The largest absolute Gasteiger partial charge is 0.486 e. The summed E-state index contributed by atoms with van der Waals surface area (Å²) in [4.78, 5) is 7.95. The number of nitrogen functional groups attached to an aromatic ring is 1. The maximum atomic E-state index is 5.86. The van der Waals surface area contributed by atoms with Gasteiger partial charge < -0.3 is 20.2 Å². The Morgan fingerprint density at radius 3 is 2.62 bits per heavy atom. The molecule has 3 aromatic rings. The van der Waals surface area contributed by atoms with E-state index in [1.807, 2.05) is 37.3 Å². The average Bonchev–Trinajstić information content (AvgIpc) is 2.90. The number of aryl methyl sites for hydroxylation is 1. The second-order valence-corrected chi connectivity index (χ2v) is 5.17. The minimum Gasteiger partial charge on any atom is -0.486 e. The molecule has 0 aliphatic carbocycles. The summed E-state index contributed by atoms with van der Waals surface area (Å²) >= 11 is 0. The molecular weight excluding hydrogens is 266 g/mol. The number of nitrogens with zero attached hydrogens (tertiary/aromatic N) is 1. The van der Waals surface area contributed by atoms with Crippen molar-refractivity contribution in [3.63, 3.8) is 0 Å². The maximum Gasteiger partial charge on any atom is 0.163 e. The topological polar surface area (TPSA) is 73.2 Å². The molecule has 21 heavy (non-hydrogen) atoms. The number of aromatic nitrogens is 2. The normalized spacial score (nSPS) is 13.6. The Hall–Kier alpha value is -2.69. The van der Waals surface area contributed by atoms with Crippen molar-refractivity contribution in [2.24, 2.45) is 0 Å². The number of anilines is 1. The molecule has 3 N–H and O–H groups in total. The van der Waals surface area contributed by atoms with Gasteiger partial charge in [0.15, 0.2) is 11.5 Å². The third-order valence-electron chi connectivity index (χ3n) is 3.69. The van der Waals surface area contributed by atoms with Crippen LogP contribution >= 0.6 is 0 Å². The summed E-state index contributed by atoms with van der Waals surface area (Å²) in [6, 6.07) is 9.74. The van der Waals surface area contributed by atoms with Crippen LogP contribution in [0.1, 0.15) is 5.56 Å². The van der Waals surface area contributed by atoms with Crippen molar-refractivity contribution in [1.29, 1.82) is 0 Å². The van der Waals surface area contributed by atoms with E-state index < -0.39 is 0 Å². The molecule has 2 aromatic carbocycles. The molecule has 0 spiro atoms. The minimum atomic E-state index is 0.576. The predicted molar refractivity (Wildman–Crippen MR) is 81.7 cm³/mol. The highest BCUT2D eigenvalue weighted by atomic mass is 16.6. The van der Waals surface area contributed by atoms with Crippen LogP contribution in [0, 0.1) is 6.92 Å². The summed E-state index contributed by atoms with van der Waals surface area (Å²) in [5.74, 6) is 2.33. The first-order valence-electron chi connectivity index (χ1n) is 6.86. The SMILES string of the molecule is Cc1cc(-c2nc3cc4c(cc3[nH]2)OCCO4)ccc1N. The smallest absolute Gasteiger partial charge is 0.163 e. The van der Waals surface area contributed by atoms with Crippen LogP contribution < -0.4 is 15.2 Å². The van der Waals surface area contributed by atoms with Crippen molar-refractivity contribution in [1.82, 2.24) is 9.97 Å². The van der Waals surface area contributed by atoms with E-state index in [2.05, 4.69) is 9.97 Å². The number of aromatic amines is 1. The molecule has 0 bridgehead atoms. The van der Waals surface area contributed by atoms with Crippen molar-refractivity contribution in [2.45, 2.75) is 6.92 Å². The molecule has 0 amide bonds. The van der Waals surface area contributed by atoms with Crippen LogP contribution in [0.2, 0.25) is 0 Å². The van der Waals surface area contributed by atoms with E-state index in [0.29, 0.717) is 13.2 Å². The standard InChI is InChI=1S/C16H15N3O2/c1-9-6-10(2-3-11(9)17)16-18-12-7-14-15(8-13(12)19-16)21-5-4-20-14/h2-3,6-8H,4-5,17H2,1H3,(H,18,19). The fraction of sp³-hybridized carbons (Fsp3) is 0.188. The average molecular weight is 281 g/mol. The van der Waals surface area contributed by atoms with E-state index in [9.17, 15) is 0 Å². The van der Waals surface area contributed by atoms with E-state index in [0.717, 1.165) is 45.2 Å². The van der Waals surface area contributed by atoms with Crippen LogP contribution in [0.4, 0.5) is 5.69 Å². The number of benzene rings is 2. The number of imidazole rings is 1. The molecule has 5 nitrogen and oxygen atoms in total. The van der Waals surface area contributed by atoms with Gasteiger partial charge in [-0.05, 0) is 30.7 Å². The van der Waals surface area contributed by atoms with Crippen LogP contribution in [0.5, 0.6) is 11.5 Å². The molecule has 1 aromatic heterocycles. The Morgan fingerprint density at radius 1 is 1.10 bits per heavy atom. The van der Waals surface area contributed by atoms with Gasteiger partial charge in [-0.3, -0.25) is 0 Å². The van der Waals surface area contributed by atoms with Gasteiger partial charge in [-0.25, -0.2) is 4.98 Å². The van der Waals surface area contributed by atoms with Gasteiger partial charge in [0.2, 0.25) is 0 Å². The number of ether oxygens (including phenoxy) is 2. The zero-order valence-corrected chi connectivity index (χ0v) is 11.6. The van der Waals surface area contributed by atoms with Gasteiger partial charge >= 0.3 is 0 Å². The van der Waals surface area contributed by atoms with E-state index in [1.54, 1.807) is 0 Å². The second-order valence-electron chi connectivity index (χ2n) is 5.17. The van der Waals surface area contributed by atoms with Gasteiger partial charge in [0.05, 0.1) is 11.0 Å². The van der Waals surface area contributed by atoms with Gasteiger partial charge in [-0.15, -0.1) is 0 Å². The zero-order chi connectivity index (χ0) is 14.4. The van der Waals surface area contributed by atoms with Crippen molar-refractivity contribution in [3.05, 3.63) is 35.9 Å². The number of fused-ring (bicyclic) bond motifs is 2. The predicted octanol–water partition coefficient (Wildman–Crippen LogP) is 2.89. The molecule has 1 aliphatic rings. The van der Waals surface area contributed by atoms with Crippen molar-refractivity contribution >= 4 is 16.7 Å². The van der Waals surface area contributed by atoms with E-state index in [4.69, 9.17) is 15.2 Å². The fourth-order valence-corrected chi connectivity index (χ4v) is 2.51. The van der Waals surface area contributed by atoms with Gasteiger partial charge in [-0.2, -0.15) is 0 Å². The molecule has 0 unspecified atom stereocenters. The third-order valence-corrected chi connectivity index (χ3v) is 3.69. The van der Waals surface area contributed by atoms with Gasteiger partial charge in [-0.1, -0.05) is 0 Å². The molecule has 0 atom stereocenters. The van der Waals surface area contributed by atoms with Crippen LogP contribution in [-0.4, -0.2) is 23.2 Å². The number of hydrogen-bond donors (Lipinski definition) is 2. The van der Waals surface area contributed by atoms with Crippen LogP contribution in [0.25, 0.3) is 22.4 Å². The summed E-state index contributed by atoms with van der Waals surface area (Å²) in [6.07, 6.45) is 0. The Morgan fingerprint density at radius 2 is 1.86 bits per heavy atom. The fourth-order valence-electron chi connectivity index (χ4n) is 2.51. The zero-order valence-electron chi connectivity index (χ0n) is 11.6. The molecule has 5 heteroatoms. The Balaban J connectivity index is 1.84. The number of nitrogens with one attached hydrogen (secondary N) is 1. The van der Waals surface area contributed by atoms with E-state index in [1.165, 1.54) is 0 Å². The second kappa shape index (κ2) is 4.41. The lowest BCUT2D eigenvalue weighted by atomic mass is 10.1. The van der Waals surface area contributed by atoms with Crippen molar-refractivity contribution in [3.8, 4) is 22.9 Å². The van der Waals surface area contributed by atoms with Crippen molar-refractivity contribution < 1.29 is 9.47 Å².